The van der Waals surface area contributed by atoms with Crippen LogP contribution in [0.3, 0.4) is 0 Å². The molecule has 0 atom stereocenters. The predicted molar refractivity (Wildman–Crippen MR) is 53.1 cm³/mol. The number of unbranched alkanes of at least 4 members (excludes halogenated alkanes) is 1. The van der Waals surface area contributed by atoms with Gasteiger partial charge in [-0.25, -0.2) is 0 Å². The molecule has 0 aromatic rings. The number of aliphatic hydroxyl groups is 1. The van der Waals surface area contributed by atoms with E-state index in [1.165, 1.54) is 18.4 Å². The van der Waals surface area contributed by atoms with Crippen molar-refractivity contribution < 1.29 is 5.11 Å². The lowest BCUT2D eigenvalue weighted by molar-refractivity contribution is 0.297. The molecule has 0 aliphatic carbocycles. The van der Waals surface area contributed by atoms with Crippen molar-refractivity contribution in [3.63, 3.8) is 0 Å². The van der Waals surface area contributed by atoms with E-state index in [1.807, 2.05) is 6.08 Å². The first kappa shape index (κ1) is 11.5. The molecule has 0 saturated carbocycles. The maximum absolute atomic E-state index is 8.76. The van der Waals surface area contributed by atoms with Crippen LogP contribution < -0.4 is 0 Å². The minimum absolute atomic E-state index is 0.254. The Bertz CT molecular complexity index is 152. The van der Waals surface area contributed by atoms with Gasteiger partial charge in [-0.05, 0) is 37.3 Å². The van der Waals surface area contributed by atoms with Gasteiger partial charge in [0.05, 0.1) is 0 Å². The molecule has 1 heteroatoms. The van der Waals surface area contributed by atoms with Gasteiger partial charge >= 0.3 is 0 Å². The van der Waals surface area contributed by atoms with Gasteiger partial charge in [-0.3, -0.25) is 0 Å². The minimum Gasteiger partial charge on any atom is -0.396 e. The number of hydrogen-bond donors (Lipinski definition) is 1. The van der Waals surface area contributed by atoms with E-state index >= 15 is 0 Å². The fourth-order valence-electron chi connectivity index (χ4n) is 1.04. The van der Waals surface area contributed by atoms with Gasteiger partial charge in [0.15, 0.2) is 0 Å². The number of hydrogen-bond acceptors (Lipinski definition) is 1. The molecular weight excluding hydrogens is 148 g/mol. The van der Waals surface area contributed by atoms with Gasteiger partial charge in [0.25, 0.3) is 0 Å². The van der Waals surface area contributed by atoms with Crippen molar-refractivity contribution in [1.29, 1.82) is 0 Å². The average molecular weight is 168 g/mol. The van der Waals surface area contributed by atoms with Crippen LogP contribution in [0.25, 0.3) is 0 Å². The smallest absolute Gasteiger partial charge is 0.0474 e. The van der Waals surface area contributed by atoms with Crippen LogP contribution in [-0.4, -0.2) is 11.7 Å². The zero-order chi connectivity index (χ0) is 9.23. The minimum atomic E-state index is 0.254. The van der Waals surface area contributed by atoms with Crippen LogP contribution >= 0.6 is 0 Å². The van der Waals surface area contributed by atoms with Crippen LogP contribution in [0.5, 0.6) is 0 Å². The van der Waals surface area contributed by atoms with Gasteiger partial charge in [-0.15, -0.1) is 5.73 Å². The third-order valence-corrected chi connectivity index (χ3v) is 1.76. The average Bonchev–Trinajstić information content (AvgIpc) is 2.10. The highest BCUT2D eigenvalue weighted by Crippen LogP contribution is 2.09. The van der Waals surface area contributed by atoms with Crippen molar-refractivity contribution in [2.45, 2.75) is 46.0 Å². The molecule has 1 nitrogen and oxygen atoms in total. The lowest BCUT2D eigenvalue weighted by Crippen LogP contribution is -1.87. The van der Waals surface area contributed by atoms with E-state index in [0.29, 0.717) is 0 Å². The van der Waals surface area contributed by atoms with Gasteiger partial charge < -0.3 is 5.11 Å². The molecule has 0 fully saturated rings. The quantitative estimate of drug-likeness (QED) is 0.604. The molecule has 70 valence electrons. The summed E-state index contributed by atoms with van der Waals surface area (Å²) in [6, 6.07) is 0. The van der Waals surface area contributed by atoms with E-state index in [9.17, 15) is 0 Å². The van der Waals surface area contributed by atoms with Crippen LogP contribution in [0.4, 0.5) is 0 Å². The van der Waals surface area contributed by atoms with Crippen molar-refractivity contribution >= 4 is 0 Å². The van der Waals surface area contributed by atoms with E-state index in [4.69, 9.17) is 5.11 Å². The highest BCUT2D eigenvalue weighted by atomic mass is 16.2. The molecular formula is C11H20O. The molecule has 0 bridgehead atoms. The second-order valence-corrected chi connectivity index (χ2v) is 2.94. The Balaban J connectivity index is 3.93. The fourth-order valence-corrected chi connectivity index (χ4v) is 1.04. The summed E-state index contributed by atoms with van der Waals surface area (Å²) >= 11 is 0. The largest absolute Gasteiger partial charge is 0.396 e. The van der Waals surface area contributed by atoms with Gasteiger partial charge in [-0.2, -0.15) is 0 Å². The normalized spacial score (nSPS) is 9.25. The van der Waals surface area contributed by atoms with Crippen LogP contribution in [0, 0.1) is 0 Å². The highest BCUT2D eigenvalue weighted by Gasteiger charge is 1.93. The topological polar surface area (TPSA) is 20.2 Å². The lowest BCUT2D eigenvalue weighted by atomic mass is 10.1. The van der Waals surface area contributed by atoms with E-state index in [0.717, 1.165) is 19.3 Å². The summed E-state index contributed by atoms with van der Waals surface area (Å²) in [7, 11) is 0. The summed E-state index contributed by atoms with van der Waals surface area (Å²) in [5, 5.41) is 8.76. The van der Waals surface area contributed by atoms with Crippen LogP contribution in [0.1, 0.15) is 46.0 Å². The van der Waals surface area contributed by atoms with Gasteiger partial charge in [-0.1, -0.05) is 20.3 Å². The molecule has 12 heavy (non-hydrogen) atoms. The number of aliphatic hydroxyl groups excluding tert-OH is 1. The molecule has 0 saturated heterocycles. The van der Waals surface area contributed by atoms with Gasteiger partial charge in [0.2, 0.25) is 0 Å². The van der Waals surface area contributed by atoms with E-state index in [1.54, 1.807) is 0 Å². The van der Waals surface area contributed by atoms with Crippen molar-refractivity contribution in [3.05, 3.63) is 17.4 Å². The molecule has 0 spiro atoms. The Morgan fingerprint density at radius 1 is 1.33 bits per heavy atom. The lowest BCUT2D eigenvalue weighted by Gasteiger charge is -2.00. The fraction of sp³-hybridized carbons (Fsp3) is 0.727. The van der Waals surface area contributed by atoms with E-state index < -0.39 is 0 Å². The molecule has 0 radical (unpaired) electrons. The summed E-state index contributed by atoms with van der Waals surface area (Å²) in [6.07, 6.45) is 7.37. The standard InChI is InChI=1S/C11H20O/c1-3-5-7-11(9-10-12)8-6-4-2/h5,12H,3-4,6,8-10H2,1-2H3. The maximum Gasteiger partial charge on any atom is 0.0474 e. The third-order valence-electron chi connectivity index (χ3n) is 1.76. The first-order chi connectivity index (χ1) is 5.85. The number of rotatable bonds is 6. The molecule has 0 aliphatic heterocycles. The van der Waals surface area contributed by atoms with Crippen molar-refractivity contribution in [3.8, 4) is 0 Å². The third kappa shape index (κ3) is 6.21. The Morgan fingerprint density at radius 3 is 2.58 bits per heavy atom. The first-order valence-corrected chi connectivity index (χ1v) is 4.88. The predicted octanol–water partition coefficient (Wildman–Crippen LogP) is 3.05. The summed E-state index contributed by atoms with van der Waals surface area (Å²) in [4.78, 5) is 0. The van der Waals surface area contributed by atoms with Gasteiger partial charge in [0, 0.05) is 6.61 Å². The van der Waals surface area contributed by atoms with E-state index in [-0.39, 0.29) is 6.61 Å². The summed E-state index contributed by atoms with van der Waals surface area (Å²) in [5.74, 6) is 0. The van der Waals surface area contributed by atoms with Crippen LogP contribution in [-0.2, 0) is 0 Å². The molecule has 0 aromatic heterocycles. The second kappa shape index (κ2) is 8.58. The molecule has 0 aliphatic rings. The molecule has 1 N–H and O–H groups in total. The molecule has 0 heterocycles. The SMILES string of the molecule is CCC=C=C(CCO)CCCC. The Morgan fingerprint density at radius 2 is 2.08 bits per heavy atom. The van der Waals surface area contributed by atoms with Crippen molar-refractivity contribution in [1.82, 2.24) is 0 Å². The molecule has 0 unspecified atom stereocenters. The Hall–Kier alpha value is -0.520. The molecule has 0 amide bonds. The zero-order valence-corrected chi connectivity index (χ0v) is 8.27. The maximum atomic E-state index is 8.76. The first-order valence-electron chi connectivity index (χ1n) is 4.88. The van der Waals surface area contributed by atoms with Crippen molar-refractivity contribution in [2.75, 3.05) is 6.61 Å². The highest BCUT2D eigenvalue weighted by molar-refractivity contribution is 5.01. The van der Waals surface area contributed by atoms with Crippen molar-refractivity contribution in [2.24, 2.45) is 0 Å². The Labute approximate surface area is 75.8 Å². The van der Waals surface area contributed by atoms with Crippen LogP contribution in [0.15, 0.2) is 17.4 Å². The molecule has 0 rings (SSSR count). The summed E-state index contributed by atoms with van der Waals surface area (Å²) < 4.78 is 0. The van der Waals surface area contributed by atoms with Gasteiger partial charge in [0.1, 0.15) is 0 Å². The second-order valence-electron chi connectivity index (χ2n) is 2.94. The Kier molecular flexibility index (Phi) is 8.20. The van der Waals surface area contributed by atoms with Crippen LogP contribution in [0.2, 0.25) is 0 Å². The monoisotopic (exact) mass is 168 g/mol. The summed E-state index contributed by atoms with van der Waals surface area (Å²) in [5.41, 5.74) is 4.50. The van der Waals surface area contributed by atoms with E-state index in [2.05, 4.69) is 19.6 Å². The molecule has 0 aromatic carbocycles. The summed E-state index contributed by atoms with van der Waals surface area (Å²) in [6.45, 7) is 4.53. The zero-order valence-electron chi connectivity index (χ0n) is 8.27.